The summed E-state index contributed by atoms with van der Waals surface area (Å²) >= 11 is 0. The van der Waals surface area contributed by atoms with Gasteiger partial charge in [-0.25, -0.2) is 4.98 Å². The first-order chi connectivity index (χ1) is 9.67. The van der Waals surface area contributed by atoms with E-state index in [0.29, 0.717) is 11.4 Å². The standard InChI is InChI=1S/C14H15N3O3/c1-9-13(20)11(7-18)12(8-19)14(15-9)17-16-10-5-3-2-4-6-10/h2-6,18-20H,7-8H2,1H3. The van der Waals surface area contributed by atoms with Crippen molar-refractivity contribution in [1.29, 1.82) is 0 Å². The summed E-state index contributed by atoms with van der Waals surface area (Å²) in [4.78, 5) is 4.09. The lowest BCUT2D eigenvalue weighted by molar-refractivity contribution is 0.254. The lowest BCUT2D eigenvalue weighted by Gasteiger charge is -2.11. The SMILES string of the molecule is Cc1nc(N=Nc2ccccc2)c(CO)c(CO)c1O. The summed E-state index contributed by atoms with van der Waals surface area (Å²) in [7, 11) is 0. The van der Waals surface area contributed by atoms with E-state index in [4.69, 9.17) is 0 Å². The van der Waals surface area contributed by atoms with Gasteiger partial charge in [-0.1, -0.05) is 18.2 Å². The molecule has 0 aliphatic heterocycles. The molecule has 0 radical (unpaired) electrons. The number of aliphatic hydroxyl groups is 2. The van der Waals surface area contributed by atoms with Crippen molar-refractivity contribution >= 4 is 11.5 Å². The molecule has 0 aliphatic carbocycles. The van der Waals surface area contributed by atoms with Gasteiger partial charge in [0.15, 0.2) is 5.82 Å². The zero-order chi connectivity index (χ0) is 14.5. The molecule has 0 spiro atoms. The van der Waals surface area contributed by atoms with Crippen LogP contribution in [0.4, 0.5) is 11.5 Å². The quantitative estimate of drug-likeness (QED) is 0.745. The summed E-state index contributed by atoms with van der Waals surface area (Å²) in [5, 5.41) is 36.5. The minimum Gasteiger partial charge on any atom is -0.506 e. The largest absolute Gasteiger partial charge is 0.506 e. The molecule has 6 heteroatoms. The Balaban J connectivity index is 2.46. The fourth-order valence-electron chi connectivity index (χ4n) is 1.79. The summed E-state index contributed by atoms with van der Waals surface area (Å²) in [6.45, 7) is 0.802. The molecule has 0 aliphatic rings. The number of pyridine rings is 1. The van der Waals surface area contributed by atoms with E-state index in [1.54, 1.807) is 19.1 Å². The molecule has 0 atom stereocenters. The molecular formula is C14H15N3O3. The number of aliphatic hydroxyl groups excluding tert-OH is 2. The van der Waals surface area contributed by atoms with Gasteiger partial charge in [0.1, 0.15) is 5.75 Å². The molecule has 0 saturated carbocycles. The van der Waals surface area contributed by atoms with Crippen LogP contribution >= 0.6 is 0 Å². The second-order valence-corrected chi connectivity index (χ2v) is 4.18. The minimum atomic E-state index is -0.404. The Bertz CT molecular complexity index is 627. The minimum absolute atomic E-state index is 0.129. The third-order valence-corrected chi connectivity index (χ3v) is 2.87. The van der Waals surface area contributed by atoms with Crippen molar-refractivity contribution in [3.8, 4) is 5.75 Å². The molecule has 0 amide bonds. The molecule has 1 aromatic carbocycles. The van der Waals surface area contributed by atoms with Crippen molar-refractivity contribution in [3.05, 3.63) is 47.2 Å². The fraction of sp³-hybridized carbons (Fsp3) is 0.214. The average molecular weight is 273 g/mol. The number of aromatic hydroxyl groups is 1. The Hall–Kier alpha value is -2.31. The zero-order valence-electron chi connectivity index (χ0n) is 11.0. The van der Waals surface area contributed by atoms with E-state index in [1.807, 2.05) is 18.2 Å². The number of azo groups is 1. The van der Waals surface area contributed by atoms with Gasteiger partial charge in [-0.15, -0.1) is 10.2 Å². The van der Waals surface area contributed by atoms with E-state index >= 15 is 0 Å². The van der Waals surface area contributed by atoms with Gasteiger partial charge >= 0.3 is 0 Å². The molecule has 0 fully saturated rings. The lowest BCUT2D eigenvalue weighted by atomic mass is 10.1. The van der Waals surface area contributed by atoms with Gasteiger partial charge in [0.2, 0.25) is 0 Å². The van der Waals surface area contributed by atoms with Crippen LogP contribution in [0.25, 0.3) is 0 Å². The maximum Gasteiger partial charge on any atom is 0.180 e. The predicted octanol–water partition coefficient (Wildman–Crippen LogP) is 2.50. The molecule has 2 rings (SSSR count). The fourth-order valence-corrected chi connectivity index (χ4v) is 1.79. The molecule has 1 aromatic heterocycles. The molecule has 6 nitrogen and oxygen atoms in total. The number of hydrogen-bond donors (Lipinski definition) is 3. The van der Waals surface area contributed by atoms with Crippen LogP contribution < -0.4 is 0 Å². The van der Waals surface area contributed by atoms with Gasteiger partial charge in [-0.05, 0) is 19.1 Å². The Morgan fingerprint density at radius 1 is 1.00 bits per heavy atom. The third-order valence-electron chi connectivity index (χ3n) is 2.87. The van der Waals surface area contributed by atoms with Crippen molar-refractivity contribution in [2.75, 3.05) is 0 Å². The Morgan fingerprint density at radius 2 is 1.65 bits per heavy atom. The molecule has 0 bridgehead atoms. The Kier molecular flexibility index (Phi) is 4.39. The van der Waals surface area contributed by atoms with E-state index < -0.39 is 6.61 Å². The third kappa shape index (κ3) is 2.81. The number of hydrogen-bond acceptors (Lipinski definition) is 6. The second kappa shape index (κ2) is 6.23. The first kappa shape index (κ1) is 14.1. The van der Waals surface area contributed by atoms with Crippen LogP contribution in [0, 0.1) is 6.92 Å². The molecule has 104 valence electrons. The van der Waals surface area contributed by atoms with Crippen LogP contribution in [-0.2, 0) is 13.2 Å². The smallest absolute Gasteiger partial charge is 0.180 e. The van der Waals surface area contributed by atoms with Crippen LogP contribution in [0.5, 0.6) is 5.75 Å². The number of aryl methyl sites for hydroxylation is 1. The van der Waals surface area contributed by atoms with Crippen LogP contribution in [0.1, 0.15) is 16.8 Å². The molecular weight excluding hydrogens is 258 g/mol. The first-order valence-corrected chi connectivity index (χ1v) is 6.07. The van der Waals surface area contributed by atoms with Crippen molar-refractivity contribution in [2.24, 2.45) is 10.2 Å². The maximum atomic E-state index is 9.81. The first-order valence-electron chi connectivity index (χ1n) is 6.07. The van der Waals surface area contributed by atoms with Crippen molar-refractivity contribution in [2.45, 2.75) is 20.1 Å². The van der Waals surface area contributed by atoms with Gasteiger partial charge in [0, 0.05) is 11.1 Å². The van der Waals surface area contributed by atoms with Crippen LogP contribution in [0.15, 0.2) is 40.6 Å². The topological polar surface area (TPSA) is 98.3 Å². The summed E-state index contributed by atoms with van der Waals surface area (Å²) in [6, 6.07) is 9.08. The highest BCUT2D eigenvalue weighted by Gasteiger charge is 2.16. The van der Waals surface area contributed by atoms with Crippen molar-refractivity contribution < 1.29 is 15.3 Å². The summed E-state index contributed by atoms with van der Waals surface area (Å²) in [5.41, 5.74) is 1.47. The summed E-state index contributed by atoms with van der Waals surface area (Å²) in [6.07, 6.45) is 0. The van der Waals surface area contributed by atoms with E-state index in [-0.39, 0.29) is 29.3 Å². The Morgan fingerprint density at radius 3 is 2.25 bits per heavy atom. The van der Waals surface area contributed by atoms with Gasteiger partial charge in [-0.3, -0.25) is 0 Å². The van der Waals surface area contributed by atoms with E-state index in [2.05, 4.69) is 15.2 Å². The normalized spacial score (nSPS) is 11.2. The van der Waals surface area contributed by atoms with Crippen LogP contribution in [0.2, 0.25) is 0 Å². The van der Waals surface area contributed by atoms with Gasteiger partial charge in [-0.2, -0.15) is 0 Å². The van der Waals surface area contributed by atoms with Crippen LogP contribution in [0.3, 0.4) is 0 Å². The van der Waals surface area contributed by atoms with Gasteiger partial charge in [0.25, 0.3) is 0 Å². The van der Waals surface area contributed by atoms with Gasteiger partial charge in [0.05, 0.1) is 24.6 Å². The molecule has 0 unspecified atom stereocenters. The molecule has 2 aromatic rings. The Labute approximate surface area is 116 Å². The zero-order valence-corrected chi connectivity index (χ0v) is 11.0. The summed E-state index contributed by atoms with van der Waals surface area (Å²) in [5.74, 6) is 0.0610. The number of nitrogens with zero attached hydrogens (tertiary/aromatic N) is 3. The maximum absolute atomic E-state index is 9.81. The predicted molar refractivity (Wildman–Crippen MR) is 73.1 cm³/mol. The molecule has 0 saturated heterocycles. The number of benzene rings is 1. The monoisotopic (exact) mass is 273 g/mol. The molecule has 3 N–H and O–H groups in total. The number of rotatable bonds is 4. The van der Waals surface area contributed by atoms with Crippen molar-refractivity contribution in [1.82, 2.24) is 4.98 Å². The lowest BCUT2D eigenvalue weighted by Crippen LogP contribution is -1.99. The number of aromatic nitrogens is 1. The van der Waals surface area contributed by atoms with E-state index in [0.717, 1.165) is 0 Å². The molecule has 20 heavy (non-hydrogen) atoms. The summed E-state index contributed by atoms with van der Waals surface area (Å²) < 4.78 is 0. The highest BCUT2D eigenvalue weighted by Crippen LogP contribution is 2.31. The van der Waals surface area contributed by atoms with E-state index in [9.17, 15) is 15.3 Å². The van der Waals surface area contributed by atoms with Gasteiger partial charge < -0.3 is 15.3 Å². The van der Waals surface area contributed by atoms with Crippen LogP contribution in [-0.4, -0.2) is 20.3 Å². The molecule has 1 heterocycles. The second-order valence-electron chi connectivity index (χ2n) is 4.18. The van der Waals surface area contributed by atoms with Crippen molar-refractivity contribution in [3.63, 3.8) is 0 Å². The van der Waals surface area contributed by atoms with E-state index in [1.165, 1.54) is 0 Å². The highest BCUT2D eigenvalue weighted by molar-refractivity contribution is 5.52. The average Bonchev–Trinajstić information content (AvgIpc) is 2.48. The highest BCUT2D eigenvalue weighted by atomic mass is 16.3.